The van der Waals surface area contributed by atoms with Crippen LogP contribution in [0.2, 0.25) is 0 Å². The maximum atomic E-state index is 13.1. The first-order chi connectivity index (χ1) is 13.1. The molecule has 0 N–H and O–H groups in total. The number of anilines is 2. The van der Waals surface area contributed by atoms with E-state index in [0.717, 1.165) is 37.5 Å². The lowest BCUT2D eigenvalue weighted by atomic mass is 10.2. The average Bonchev–Trinajstić information content (AvgIpc) is 2.94. The fourth-order valence-corrected chi connectivity index (χ4v) is 3.94. The molecular formula is C21H26N4O2. The summed E-state index contributed by atoms with van der Waals surface area (Å²) in [5.41, 5.74) is 3.42. The number of para-hydroxylation sites is 2. The highest BCUT2D eigenvalue weighted by Gasteiger charge is 2.33. The Morgan fingerprint density at radius 2 is 1.96 bits per heavy atom. The van der Waals surface area contributed by atoms with Gasteiger partial charge in [0.05, 0.1) is 12.2 Å². The first kappa shape index (κ1) is 17.6. The second kappa shape index (κ2) is 7.47. The van der Waals surface area contributed by atoms with Gasteiger partial charge in [0, 0.05) is 51.3 Å². The van der Waals surface area contributed by atoms with Gasteiger partial charge in [0.2, 0.25) is 0 Å². The number of benzene rings is 1. The predicted molar refractivity (Wildman–Crippen MR) is 107 cm³/mol. The van der Waals surface area contributed by atoms with Crippen LogP contribution in [0.1, 0.15) is 12.0 Å². The number of carbonyl (C=O) groups excluding carboxylic acids is 1. The van der Waals surface area contributed by atoms with Crippen LogP contribution >= 0.6 is 0 Å². The maximum Gasteiger partial charge on any atom is 0.265 e. The fourth-order valence-electron chi connectivity index (χ4n) is 3.94. The van der Waals surface area contributed by atoms with E-state index in [1.54, 1.807) is 0 Å². The van der Waals surface area contributed by atoms with Crippen LogP contribution in [0.15, 0.2) is 42.7 Å². The number of likely N-dealkylation sites (N-methyl/N-ethyl adjacent to an activating group) is 1. The Morgan fingerprint density at radius 1 is 1.11 bits per heavy atom. The van der Waals surface area contributed by atoms with E-state index < -0.39 is 6.10 Å². The third-order valence-electron chi connectivity index (χ3n) is 5.40. The van der Waals surface area contributed by atoms with Crippen LogP contribution in [-0.2, 0) is 4.79 Å². The molecule has 1 fully saturated rings. The Labute approximate surface area is 160 Å². The number of hydrogen-bond acceptors (Lipinski definition) is 5. The molecule has 2 aliphatic heterocycles. The molecule has 0 saturated carbocycles. The van der Waals surface area contributed by atoms with Crippen LogP contribution in [0, 0.1) is 6.92 Å². The molecule has 1 amide bonds. The lowest BCUT2D eigenvalue weighted by Crippen LogP contribution is -2.50. The van der Waals surface area contributed by atoms with Gasteiger partial charge in [0.1, 0.15) is 5.75 Å². The van der Waals surface area contributed by atoms with Gasteiger partial charge in [0.25, 0.3) is 5.91 Å². The summed E-state index contributed by atoms with van der Waals surface area (Å²) < 4.78 is 6.03. The summed E-state index contributed by atoms with van der Waals surface area (Å²) >= 11 is 0. The Bertz CT molecular complexity index is 825. The molecule has 2 aromatic rings. The fraction of sp³-hybridized carbons (Fsp3) is 0.429. The van der Waals surface area contributed by atoms with Crippen LogP contribution < -0.4 is 14.5 Å². The van der Waals surface area contributed by atoms with Crippen molar-refractivity contribution in [1.82, 2.24) is 9.88 Å². The molecule has 3 heterocycles. The number of rotatable bonds is 2. The smallest absolute Gasteiger partial charge is 0.265 e. The highest BCUT2D eigenvalue weighted by molar-refractivity contribution is 5.83. The van der Waals surface area contributed by atoms with Gasteiger partial charge in [0.15, 0.2) is 6.10 Å². The van der Waals surface area contributed by atoms with Crippen molar-refractivity contribution in [1.29, 1.82) is 0 Å². The van der Waals surface area contributed by atoms with Crippen molar-refractivity contribution in [2.45, 2.75) is 19.4 Å². The lowest BCUT2D eigenvalue weighted by molar-refractivity contribution is -0.138. The Kier molecular flexibility index (Phi) is 4.88. The molecule has 1 saturated heterocycles. The molecule has 1 aromatic heterocycles. The van der Waals surface area contributed by atoms with Crippen molar-refractivity contribution in [2.75, 3.05) is 49.6 Å². The number of ether oxygens (including phenoxy) is 1. The molecule has 1 atom stereocenters. The minimum absolute atomic E-state index is 0.0876. The molecule has 1 aromatic carbocycles. The number of aryl methyl sites for hydroxylation is 1. The average molecular weight is 366 g/mol. The van der Waals surface area contributed by atoms with E-state index in [-0.39, 0.29) is 5.91 Å². The minimum Gasteiger partial charge on any atom is -0.477 e. The molecule has 1 unspecified atom stereocenters. The van der Waals surface area contributed by atoms with Crippen LogP contribution in [0.5, 0.6) is 5.75 Å². The SMILES string of the molecule is Cc1cnccc1N1CCCN(C(=O)C2CN(C)c3ccccc3O2)CC1. The number of carbonyl (C=O) groups is 1. The summed E-state index contributed by atoms with van der Waals surface area (Å²) in [4.78, 5) is 23.7. The number of fused-ring (bicyclic) bond motifs is 1. The number of hydrogen-bond donors (Lipinski definition) is 0. The molecular weight excluding hydrogens is 340 g/mol. The second-order valence-electron chi connectivity index (χ2n) is 7.28. The number of amides is 1. The summed E-state index contributed by atoms with van der Waals surface area (Å²) in [6.07, 6.45) is 4.23. The summed E-state index contributed by atoms with van der Waals surface area (Å²) in [6.45, 7) is 5.92. The van der Waals surface area contributed by atoms with Gasteiger partial charge in [-0.15, -0.1) is 0 Å². The van der Waals surface area contributed by atoms with Crippen LogP contribution in [0.4, 0.5) is 11.4 Å². The molecule has 4 rings (SSSR count). The van der Waals surface area contributed by atoms with Crippen molar-refractivity contribution in [3.05, 3.63) is 48.3 Å². The van der Waals surface area contributed by atoms with E-state index in [1.165, 1.54) is 11.3 Å². The zero-order valence-corrected chi connectivity index (χ0v) is 16.0. The van der Waals surface area contributed by atoms with E-state index in [9.17, 15) is 4.79 Å². The van der Waals surface area contributed by atoms with Crippen molar-refractivity contribution in [2.24, 2.45) is 0 Å². The Balaban J connectivity index is 1.44. The largest absolute Gasteiger partial charge is 0.477 e. The minimum atomic E-state index is -0.445. The lowest BCUT2D eigenvalue weighted by Gasteiger charge is -2.35. The summed E-state index contributed by atoms with van der Waals surface area (Å²) in [5, 5.41) is 0. The van der Waals surface area contributed by atoms with Gasteiger partial charge in [-0.25, -0.2) is 0 Å². The molecule has 6 heteroatoms. The zero-order valence-electron chi connectivity index (χ0n) is 16.0. The van der Waals surface area contributed by atoms with Gasteiger partial charge < -0.3 is 19.4 Å². The standard InChI is InChI=1S/C21H26N4O2/c1-16-14-22-9-8-17(16)24-10-5-11-25(13-12-24)21(26)20-15-23(2)18-6-3-4-7-19(18)27-20/h3-4,6-9,14,20H,5,10-13,15H2,1-2H3. The van der Waals surface area contributed by atoms with Gasteiger partial charge in [-0.2, -0.15) is 0 Å². The van der Waals surface area contributed by atoms with Crippen molar-refractivity contribution < 1.29 is 9.53 Å². The molecule has 0 bridgehead atoms. The predicted octanol–water partition coefficient (Wildman–Crippen LogP) is 2.33. The van der Waals surface area contributed by atoms with Gasteiger partial charge in [-0.05, 0) is 37.1 Å². The second-order valence-corrected chi connectivity index (χ2v) is 7.28. The van der Waals surface area contributed by atoms with E-state index >= 15 is 0 Å². The van der Waals surface area contributed by atoms with E-state index in [2.05, 4.69) is 27.8 Å². The zero-order chi connectivity index (χ0) is 18.8. The van der Waals surface area contributed by atoms with E-state index in [1.807, 2.05) is 48.6 Å². The maximum absolute atomic E-state index is 13.1. The summed E-state index contributed by atoms with van der Waals surface area (Å²) in [6, 6.07) is 9.95. The Hall–Kier alpha value is -2.76. The van der Waals surface area contributed by atoms with Crippen molar-refractivity contribution in [3.63, 3.8) is 0 Å². The van der Waals surface area contributed by atoms with Crippen molar-refractivity contribution >= 4 is 17.3 Å². The number of pyridine rings is 1. The van der Waals surface area contributed by atoms with E-state index in [0.29, 0.717) is 13.1 Å². The number of nitrogens with zero attached hydrogens (tertiary/aromatic N) is 4. The van der Waals surface area contributed by atoms with Gasteiger partial charge in [-0.3, -0.25) is 9.78 Å². The van der Waals surface area contributed by atoms with Crippen LogP contribution in [0.3, 0.4) is 0 Å². The summed E-state index contributed by atoms with van der Waals surface area (Å²) in [5.74, 6) is 0.873. The molecule has 0 spiro atoms. The van der Waals surface area contributed by atoms with Crippen molar-refractivity contribution in [3.8, 4) is 5.75 Å². The first-order valence-corrected chi connectivity index (χ1v) is 9.54. The van der Waals surface area contributed by atoms with Gasteiger partial charge >= 0.3 is 0 Å². The molecule has 142 valence electrons. The van der Waals surface area contributed by atoms with Gasteiger partial charge in [-0.1, -0.05) is 12.1 Å². The van der Waals surface area contributed by atoms with Crippen LogP contribution in [0.25, 0.3) is 0 Å². The normalized spacial score (nSPS) is 19.9. The monoisotopic (exact) mass is 366 g/mol. The highest BCUT2D eigenvalue weighted by Crippen LogP contribution is 2.32. The van der Waals surface area contributed by atoms with E-state index in [4.69, 9.17) is 4.74 Å². The summed E-state index contributed by atoms with van der Waals surface area (Å²) in [7, 11) is 2.01. The third kappa shape index (κ3) is 3.56. The highest BCUT2D eigenvalue weighted by atomic mass is 16.5. The molecule has 27 heavy (non-hydrogen) atoms. The Morgan fingerprint density at radius 3 is 2.81 bits per heavy atom. The van der Waals surface area contributed by atoms with Crippen LogP contribution in [-0.4, -0.2) is 61.7 Å². The molecule has 0 aliphatic carbocycles. The molecule has 2 aliphatic rings. The number of aromatic nitrogens is 1. The molecule has 0 radical (unpaired) electrons. The third-order valence-corrected chi connectivity index (χ3v) is 5.40. The first-order valence-electron chi connectivity index (χ1n) is 9.54. The topological polar surface area (TPSA) is 48.9 Å². The quantitative estimate of drug-likeness (QED) is 0.816. The molecule has 6 nitrogen and oxygen atoms in total.